The third kappa shape index (κ3) is 1.98. The van der Waals surface area contributed by atoms with E-state index < -0.39 is 23.7 Å². The molecule has 0 aromatic rings. The van der Waals surface area contributed by atoms with Crippen molar-refractivity contribution in [2.45, 2.75) is 39.7 Å². The van der Waals surface area contributed by atoms with Gasteiger partial charge >= 0.3 is 5.97 Å². The molecular weight excluding hydrogens is 178 g/mol. The average molecular weight is 192 g/mol. The standard InChI is InChI=1S/C9H14F2O2/c1-5(2)13-8(12)9(3)4-6(9)7(10)11/h5-7H,4H2,1-3H3/t6-,9-/m0/s1. The van der Waals surface area contributed by atoms with Crippen LogP contribution in [0, 0.1) is 11.3 Å². The fourth-order valence-electron chi connectivity index (χ4n) is 1.35. The van der Waals surface area contributed by atoms with Crippen molar-refractivity contribution in [3.8, 4) is 0 Å². The molecular formula is C9H14F2O2. The van der Waals surface area contributed by atoms with E-state index in [4.69, 9.17) is 4.74 Å². The first-order valence-electron chi connectivity index (χ1n) is 4.37. The number of esters is 1. The fourth-order valence-corrected chi connectivity index (χ4v) is 1.35. The molecule has 4 heteroatoms. The highest BCUT2D eigenvalue weighted by Gasteiger charge is 2.61. The van der Waals surface area contributed by atoms with Crippen LogP contribution in [0.5, 0.6) is 0 Å². The first kappa shape index (κ1) is 10.4. The summed E-state index contributed by atoms with van der Waals surface area (Å²) in [6.07, 6.45) is -2.40. The van der Waals surface area contributed by atoms with E-state index in [2.05, 4.69) is 0 Å². The Kier molecular flexibility index (Phi) is 2.59. The van der Waals surface area contributed by atoms with Crippen LogP contribution in [-0.2, 0) is 9.53 Å². The topological polar surface area (TPSA) is 26.3 Å². The molecule has 0 heterocycles. The molecule has 0 spiro atoms. The summed E-state index contributed by atoms with van der Waals surface area (Å²) >= 11 is 0. The highest BCUT2D eigenvalue weighted by molar-refractivity contribution is 5.80. The van der Waals surface area contributed by atoms with Gasteiger partial charge in [0.1, 0.15) is 0 Å². The molecule has 0 N–H and O–H groups in total. The van der Waals surface area contributed by atoms with Gasteiger partial charge in [0.2, 0.25) is 6.43 Å². The molecule has 0 aromatic heterocycles. The van der Waals surface area contributed by atoms with Crippen LogP contribution in [-0.4, -0.2) is 18.5 Å². The number of alkyl halides is 2. The van der Waals surface area contributed by atoms with Gasteiger partial charge < -0.3 is 4.74 Å². The lowest BCUT2D eigenvalue weighted by atomic mass is 10.1. The van der Waals surface area contributed by atoms with E-state index in [0.29, 0.717) is 0 Å². The summed E-state index contributed by atoms with van der Waals surface area (Å²) in [6.45, 7) is 4.95. The molecule has 0 saturated heterocycles. The van der Waals surface area contributed by atoms with Crippen molar-refractivity contribution < 1.29 is 18.3 Å². The monoisotopic (exact) mass is 192 g/mol. The van der Waals surface area contributed by atoms with E-state index in [0.717, 1.165) is 0 Å². The molecule has 2 atom stereocenters. The van der Waals surface area contributed by atoms with Crippen LogP contribution >= 0.6 is 0 Å². The van der Waals surface area contributed by atoms with E-state index in [-0.39, 0.29) is 12.5 Å². The minimum atomic E-state index is -2.41. The van der Waals surface area contributed by atoms with E-state index in [9.17, 15) is 13.6 Å². The smallest absolute Gasteiger partial charge is 0.312 e. The Labute approximate surface area is 76.3 Å². The molecule has 1 rings (SSSR count). The first-order chi connectivity index (χ1) is 5.88. The predicted molar refractivity (Wildman–Crippen MR) is 43.4 cm³/mol. The van der Waals surface area contributed by atoms with Crippen LogP contribution in [0.1, 0.15) is 27.2 Å². The largest absolute Gasteiger partial charge is 0.463 e. The van der Waals surface area contributed by atoms with Gasteiger partial charge in [-0.1, -0.05) is 0 Å². The molecule has 0 unspecified atom stereocenters. The summed E-state index contributed by atoms with van der Waals surface area (Å²) in [5.74, 6) is -1.30. The lowest BCUT2D eigenvalue weighted by molar-refractivity contribution is -0.154. The van der Waals surface area contributed by atoms with Crippen LogP contribution in [0.3, 0.4) is 0 Å². The Hall–Kier alpha value is -0.670. The third-order valence-corrected chi connectivity index (χ3v) is 2.42. The van der Waals surface area contributed by atoms with E-state index in [1.807, 2.05) is 0 Å². The summed E-state index contributed by atoms with van der Waals surface area (Å²) in [5.41, 5.74) is -0.932. The van der Waals surface area contributed by atoms with Crippen molar-refractivity contribution in [2.75, 3.05) is 0 Å². The average Bonchev–Trinajstić information content (AvgIpc) is 2.62. The molecule has 0 aliphatic heterocycles. The first-order valence-corrected chi connectivity index (χ1v) is 4.37. The maximum atomic E-state index is 12.2. The number of hydrogen-bond donors (Lipinski definition) is 0. The Bertz CT molecular complexity index is 216. The summed E-state index contributed by atoms with van der Waals surface area (Å²) in [5, 5.41) is 0. The zero-order valence-electron chi connectivity index (χ0n) is 8.01. The molecule has 0 amide bonds. The lowest BCUT2D eigenvalue weighted by Crippen LogP contribution is -2.23. The minimum Gasteiger partial charge on any atom is -0.463 e. The summed E-state index contributed by atoms with van der Waals surface area (Å²) in [4.78, 5) is 11.3. The number of halogens is 2. The van der Waals surface area contributed by atoms with Crippen molar-refractivity contribution in [3.63, 3.8) is 0 Å². The Morgan fingerprint density at radius 2 is 2.08 bits per heavy atom. The highest BCUT2D eigenvalue weighted by atomic mass is 19.3. The van der Waals surface area contributed by atoms with Crippen molar-refractivity contribution in [3.05, 3.63) is 0 Å². The summed E-state index contributed by atoms with van der Waals surface area (Å²) in [6, 6.07) is 0. The van der Waals surface area contributed by atoms with E-state index in [1.165, 1.54) is 6.92 Å². The van der Waals surface area contributed by atoms with Gasteiger partial charge in [0.15, 0.2) is 0 Å². The van der Waals surface area contributed by atoms with Crippen molar-refractivity contribution >= 4 is 5.97 Å². The van der Waals surface area contributed by atoms with E-state index >= 15 is 0 Å². The highest BCUT2D eigenvalue weighted by Crippen LogP contribution is 2.56. The van der Waals surface area contributed by atoms with Crippen LogP contribution in [0.25, 0.3) is 0 Å². The number of hydrogen-bond acceptors (Lipinski definition) is 2. The molecule has 0 radical (unpaired) electrons. The SMILES string of the molecule is CC(C)OC(=O)[C@@]1(C)C[C@H]1C(F)F. The number of carbonyl (C=O) groups excluding carboxylic acids is 1. The second-order valence-corrected chi connectivity index (χ2v) is 4.02. The van der Waals surface area contributed by atoms with Gasteiger partial charge in [-0.25, -0.2) is 8.78 Å². The van der Waals surface area contributed by atoms with Crippen molar-refractivity contribution in [2.24, 2.45) is 11.3 Å². The van der Waals surface area contributed by atoms with Gasteiger partial charge in [-0.3, -0.25) is 4.79 Å². The fraction of sp³-hybridized carbons (Fsp3) is 0.889. The Balaban J connectivity index is 2.50. The molecule has 1 aliphatic carbocycles. The second-order valence-electron chi connectivity index (χ2n) is 4.02. The molecule has 1 saturated carbocycles. The van der Waals surface area contributed by atoms with Crippen molar-refractivity contribution in [1.29, 1.82) is 0 Å². The third-order valence-electron chi connectivity index (χ3n) is 2.42. The van der Waals surface area contributed by atoms with Gasteiger partial charge in [0, 0.05) is 5.92 Å². The van der Waals surface area contributed by atoms with Crippen LogP contribution in [0.15, 0.2) is 0 Å². The van der Waals surface area contributed by atoms with Crippen molar-refractivity contribution in [1.82, 2.24) is 0 Å². The number of rotatable bonds is 3. The summed E-state index contributed by atoms with van der Waals surface area (Å²) < 4.78 is 29.3. The quantitative estimate of drug-likeness (QED) is 0.641. The van der Waals surface area contributed by atoms with Gasteiger partial charge in [-0.2, -0.15) is 0 Å². The Morgan fingerprint density at radius 1 is 1.54 bits per heavy atom. The van der Waals surface area contributed by atoms with Gasteiger partial charge in [0.25, 0.3) is 0 Å². The molecule has 0 aromatic carbocycles. The molecule has 76 valence electrons. The summed E-state index contributed by atoms with van der Waals surface area (Å²) in [7, 11) is 0. The normalized spacial score (nSPS) is 32.4. The number of carbonyl (C=O) groups is 1. The predicted octanol–water partition coefficient (Wildman–Crippen LogP) is 2.23. The Morgan fingerprint density at radius 3 is 2.38 bits per heavy atom. The molecule has 0 bridgehead atoms. The van der Waals surface area contributed by atoms with E-state index in [1.54, 1.807) is 13.8 Å². The van der Waals surface area contributed by atoms with Crippen LogP contribution in [0.4, 0.5) is 8.78 Å². The zero-order chi connectivity index (χ0) is 10.2. The molecule has 2 nitrogen and oxygen atoms in total. The molecule has 1 fully saturated rings. The maximum Gasteiger partial charge on any atom is 0.312 e. The van der Waals surface area contributed by atoms with Gasteiger partial charge in [-0.15, -0.1) is 0 Å². The van der Waals surface area contributed by atoms with Gasteiger partial charge in [0.05, 0.1) is 11.5 Å². The zero-order valence-corrected chi connectivity index (χ0v) is 8.01. The minimum absolute atomic E-state index is 0.233. The molecule has 1 aliphatic rings. The lowest BCUT2D eigenvalue weighted by Gasteiger charge is -2.13. The second kappa shape index (κ2) is 3.24. The van der Waals surface area contributed by atoms with Crippen LogP contribution < -0.4 is 0 Å². The van der Waals surface area contributed by atoms with Crippen LogP contribution in [0.2, 0.25) is 0 Å². The maximum absolute atomic E-state index is 12.2. The van der Waals surface area contributed by atoms with Gasteiger partial charge in [-0.05, 0) is 27.2 Å². The number of ether oxygens (including phenoxy) is 1. The molecule has 13 heavy (non-hydrogen) atoms.